The Morgan fingerprint density at radius 3 is 2.80 bits per heavy atom. The topological polar surface area (TPSA) is 41.6 Å². The summed E-state index contributed by atoms with van der Waals surface area (Å²) in [5.74, 6) is 1.04. The third-order valence-electron chi connectivity index (χ3n) is 5.55. The number of carbonyl (C=O) groups excluding carboxylic acids is 1. The first-order valence-electron chi connectivity index (χ1n) is 8.36. The van der Waals surface area contributed by atoms with Crippen molar-refractivity contribution in [3.63, 3.8) is 0 Å². The zero-order chi connectivity index (χ0) is 14.0. The molecule has 114 valence electrons. The molecule has 1 spiro atoms. The summed E-state index contributed by atoms with van der Waals surface area (Å²) in [5, 5.41) is 3.33. The molecule has 3 aliphatic rings. The number of amides is 1. The van der Waals surface area contributed by atoms with Crippen LogP contribution in [0.1, 0.15) is 51.9 Å². The first kappa shape index (κ1) is 14.3. The first-order chi connectivity index (χ1) is 9.73. The molecule has 1 N–H and O–H groups in total. The van der Waals surface area contributed by atoms with Crippen molar-refractivity contribution in [2.45, 2.75) is 63.5 Å². The van der Waals surface area contributed by atoms with Gasteiger partial charge in [-0.1, -0.05) is 6.92 Å². The fourth-order valence-electron chi connectivity index (χ4n) is 4.57. The Kier molecular flexibility index (Phi) is 4.32. The van der Waals surface area contributed by atoms with Crippen LogP contribution >= 0.6 is 0 Å². The van der Waals surface area contributed by atoms with E-state index < -0.39 is 0 Å². The summed E-state index contributed by atoms with van der Waals surface area (Å²) in [7, 11) is 0. The zero-order valence-electron chi connectivity index (χ0n) is 12.7. The third kappa shape index (κ3) is 2.73. The molecule has 0 saturated carbocycles. The summed E-state index contributed by atoms with van der Waals surface area (Å²) in [6.45, 7) is 6.53. The van der Waals surface area contributed by atoms with Crippen LogP contribution in [0.15, 0.2) is 0 Å². The van der Waals surface area contributed by atoms with Gasteiger partial charge in [-0.2, -0.15) is 0 Å². The highest BCUT2D eigenvalue weighted by Crippen LogP contribution is 2.37. The second-order valence-corrected chi connectivity index (χ2v) is 6.78. The van der Waals surface area contributed by atoms with Crippen molar-refractivity contribution in [1.82, 2.24) is 10.2 Å². The van der Waals surface area contributed by atoms with Gasteiger partial charge in [0.05, 0.1) is 5.54 Å². The summed E-state index contributed by atoms with van der Waals surface area (Å²) < 4.78 is 5.47. The van der Waals surface area contributed by atoms with Crippen molar-refractivity contribution in [2.24, 2.45) is 5.92 Å². The minimum atomic E-state index is 0.0786. The second kappa shape index (κ2) is 6.02. The van der Waals surface area contributed by atoms with E-state index in [0.717, 1.165) is 38.4 Å². The highest BCUT2D eigenvalue weighted by Gasteiger charge is 2.47. The predicted octanol–water partition coefficient (Wildman–Crippen LogP) is 1.94. The first-order valence-corrected chi connectivity index (χ1v) is 8.36. The lowest BCUT2D eigenvalue weighted by Gasteiger charge is -2.49. The van der Waals surface area contributed by atoms with Crippen molar-refractivity contribution >= 4 is 5.91 Å². The van der Waals surface area contributed by atoms with Crippen LogP contribution in [-0.4, -0.2) is 48.7 Å². The molecule has 3 saturated heterocycles. The standard InChI is InChI=1S/C16H28N2O2/c1-2-14-16(8-4-15(19)17-16)7-3-9-18(14)12-13-5-10-20-11-6-13/h13-14H,2-12H2,1H3,(H,17,19)/t14-,16-/m0/s1. The van der Waals surface area contributed by atoms with Gasteiger partial charge in [0.1, 0.15) is 0 Å². The average molecular weight is 280 g/mol. The molecule has 1 amide bonds. The van der Waals surface area contributed by atoms with E-state index in [1.807, 2.05) is 0 Å². The smallest absolute Gasteiger partial charge is 0.220 e. The molecule has 3 aliphatic heterocycles. The molecule has 0 bridgehead atoms. The Bertz CT molecular complexity index is 354. The highest BCUT2D eigenvalue weighted by molar-refractivity contribution is 5.79. The largest absolute Gasteiger partial charge is 0.381 e. The van der Waals surface area contributed by atoms with Crippen LogP contribution in [0.4, 0.5) is 0 Å². The number of nitrogens with one attached hydrogen (secondary N) is 1. The predicted molar refractivity (Wildman–Crippen MR) is 78.5 cm³/mol. The van der Waals surface area contributed by atoms with Gasteiger partial charge >= 0.3 is 0 Å². The van der Waals surface area contributed by atoms with Gasteiger partial charge in [-0.3, -0.25) is 9.69 Å². The van der Waals surface area contributed by atoms with E-state index in [9.17, 15) is 4.79 Å². The van der Waals surface area contributed by atoms with Crippen LogP contribution in [-0.2, 0) is 9.53 Å². The molecule has 3 fully saturated rings. The molecular formula is C16H28N2O2. The van der Waals surface area contributed by atoms with Crippen LogP contribution in [0, 0.1) is 5.92 Å². The van der Waals surface area contributed by atoms with Crippen molar-refractivity contribution in [3.05, 3.63) is 0 Å². The minimum Gasteiger partial charge on any atom is -0.381 e. The normalized spacial score (nSPS) is 36.5. The second-order valence-electron chi connectivity index (χ2n) is 6.78. The Morgan fingerprint density at radius 1 is 1.35 bits per heavy atom. The molecule has 4 heteroatoms. The molecule has 0 aromatic heterocycles. The molecule has 4 nitrogen and oxygen atoms in total. The molecule has 0 aromatic carbocycles. The van der Waals surface area contributed by atoms with Crippen LogP contribution in [0.5, 0.6) is 0 Å². The Morgan fingerprint density at radius 2 is 2.15 bits per heavy atom. The maximum atomic E-state index is 11.7. The van der Waals surface area contributed by atoms with Crippen LogP contribution in [0.25, 0.3) is 0 Å². The minimum absolute atomic E-state index is 0.0786. The van der Waals surface area contributed by atoms with Gasteiger partial charge in [0.25, 0.3) is 0 Å². The van der Waals surface area contributed by atoms with Gasteiger partial charge in [-0.15, -0.1) is 0 Å². The number of hydrogen-bond donors (Lipinski definition) is 1. The quantitative estimate of drug-likeness (QED) is 0.859. The van der Waals surface area contributed by atoms with E-state index in [-0.39, 0.29) is 11.4 Å². The number of nitrogens with zero attached hydrogens (tertiary/aromatic N) is 1. The van der Waals surface area contributed by atoms with E-state index in [1.165, 1.54) is 38.8 Å². The van der Waals surface area contributed by atoms with Gasteiger partial charge in [0, 0.05) is 32.2 Å². The molecule has 0 radical (unpaired) electrons. The van der Waals surface area contributed by atoms with Gasteiger partial charge < -0.3 is 10.1 Å². The lowest BCUT2D eigenvalue weighted by Crippen LogP contribution is -2.62. The van der Waals surface area contributed by atoms with E-state index in [2.05, 4.69) is 17.1 Å². The lowest BCUT2D eigenvalue weighted by molar-refractivity contribution is -0.120. The number of rotatable bonds is 3. The number of carbonyl (C=O) groups is 1. The van der Waals surface area contributed by atoms with Crippen LogP contribution in [0.3, 0.4) is 0 Å². The lowest BCUT2D eigenvalue weighted by atomic mass is 9.78. The number of hydrogen-bond acceptors (Lipinski definition) is 3. The maximum Gasteiger partial charge on any atom is 0.220 e. The number of ether oxygens (including phenoxy) is 1. The Hall–Kier alpha value is -0.610. The van der Waals surface area contributed by atoms with Gasteiger partial charge in [0.15, 0.2) is 0 Å². The summed E-state index contributed by atoms with van der Waals surface area (Å²) >= 11 is 0. The van der Waals surface area contributed by atoms with Crippen molar-refractivity contribution in [3.8, 4) is 0 Å². The molecule has 2 atom stereocenters. The Balaban J connectivity index is 1.68. The molecule has 20 heavy (non-hydrogen) atoms. The molecule has 3 rings (SSSR count). The third-order valence-corrected chi connectivity index (χ3v) is 5.55. The number of likely N-dealkylation sites (tertiary alicyclic amines) is 1. The molecular weight excluding hydrogens is 252 g/mol. The van der Waals surface area contributed by atoms with Crippen LogP contribution < -0.4 is 5.32 Å². The van der Waals surface area contributed by atoms with Crippen LogP contribution in [0.2, 0.25) is 0 Å². The van der Waals surface area contributed by atoms with E-state index >= 15 is 0 Å². The highest BCUT2D eigenvalue weighted by atomic mass is 16.5. The molecule has 0 aromatic rings. The van der Waals surface area contributed by atoms with Crippen molar-refractivity contribution in [1.29, 1.82) is 0 Å². The summed E-state index contributed by atoms with van der Waals surface area (Å²) in [4.78, 5) is 14.4. The summed E-state index contributed by atoms with van der Waals surface area (Å²) in [6, 6.07) is 0.533. The Labute approximate surface area is 122 Å². The molecule has 3 heterocycles. The number of piperidine rings is 1. The fourth-order valence-corrected chi connectivity index (χ4v) is 4.57. The monoisotopic (exact) mass is 280 g/mol. The molecule has 0 aliphatic carbocycles. The zero-order valence-corrected chi connectivity index (χ0v) is 12.7. The maximum absolute atomic E-state index is 11.7. The molecule has 0 unspecified atom stereocenters. The SMILES string of the molecule is CC[C@@H]1N(CC2CCOCC2)CCC[C@]12CCC(=O)N2. The van der Waals surface area contributed by atoms with E-state index in [0.29, 0.717) is 6.04 Å². The summed E-state index contributed by atoms with van der Waals surface area (Å²) in [5.41, 5.74) is 0.0786. The van der Waals surface area contributed by atoms with Gasteiger partial charge in [0.2, 0.25) is 5.91 Å². The van der Waals surface area contributed by atoms with Gasteiger partial charge in [-0.25, -0.2) is 0 Å². The van der Waals surface area contributed by atoms with E-state index in [4.69, 9.17) is 4.74 Å². The fraction of sp³-hybridized carbons (Fsp3) is 0.938. The average Bonchev–Trinajstić information content (AvgIpc) is 2.82. The van der Waals surface area contributed by atoms with Crippen molar-refractivity contribution in [2.75, 3.05) is 26.3 Å². The van der Waals surface area contributed by atoms with Crippen molar-refractivity contribution < 1.29 is 9.53 Å². The van der Waals surface area contributed by atoms with Gasteiger partial charge in [-0.05, 0) is 51.0 Å². The van der Waals surface area contributed by atoms with E-state index in [1.54, 1.807) is 0 Å². The summed E-state index contributed by atoms with van der Waals surface area (Å²) in [6.07, 6.45) is 7.69.